The third kappa shape index (κ3) is 5.46. The van der Waals surface area contributed by atoms with Crippen molar-refractivity contribution in [2.75, 3.05) is 13.1 Å². The maximum atomic E-state index is 12.4. The van der Waals surface area contributed by atoms with E-state index in [-0.39, 0.29) is 17.7 Å². The summed E-state index contributed by atoms with van der Waals surface area (Å²) < 4.78 is 5.49. The zero-order valence-corrected chi connectivity index (χ0v) is 15.9. The van der Waals surface area contributed by atoms with Gasteiger partial charge in [-0.1, -0.05) is 12.0 Å². The fourth-order valence-electron chi connectivity index (χ4n) is 2.94. The zero-order chi connectivity index (χ0) is 18.6. The van der Waals surface area contributed by atoms with Gasteiger partial charge in [-0.05, 0) is 62.7 Å². The zero-order valence-electron chi connectivity index (χ0n) is 15.1. The lowest BCUT2D eigenvalue weighted by atomic mass is 10.1. The summed E-state index contributed by atoms with van der Waals surface area (Å²) in [4.78, 5) is 16.2. The number of likely N-dealkylation sites (tertiary alicyclic amines) is 1. The molecule has 1 atom stereocenters. The van der Waals surface area contributed by atoms with Gasteiger partial charge in [0.05, 0.1) is 0 Å². The van der Waals surface area contributed by atoms with E-state index in [2.05, 4.69) is 39.6 Å². The molecular weight excluding hydrogens is 348 g/mol. The Morgan fingerprint density at radius 3 is 3.04 bits per heavy atom. The summed E-state index contributed by atoms with van der Waals surface area (Å²) in [6.45, 7) is 6.03. The van der Waals surface area contributed by atoms with Crippen LogP contribution in [0.2, 0.25) is 0 Å². The van der Waals surface area contributed by atoms with Gasteiger partial charge in [-0.2, -0.15) is 0 Å². The Morgan fingerprint density at radius 2 is 2.31 bits per heavy atom. The SMILES string of the molecule is CC(C)(O)C#Cc1ccc(C(=O)N[C@H]2CCCN(Cc3cccs3)C2)o1. The molecule has 1 fully saturated rings. The van der Waals surface area contributed by atoms with Gasteiger partial charge in [-0.15, -0.1) is 11.3 Å². The van der Waals surface area contributed by atoms with Crippen molar-refractivity contribution in [2.45, 2.75) is 44.9 Å². The molecule has 5 nitrogen and oxygen atoms in total. The molecule has 2 aromatic heterocycles. The number of amides is 1. The van der Waals surface area contributed by atoms with Gasteiger partial charge in [-0.3, -0.25) is 9.69 Å². The summed E-state index contributed by atoms with van der Waals surface area (Å²) in [5.41, 5.74) is -1.09. The number of nitrogens with one attached hydrogen (secondary N) is 1. The van der Waals surface area contributed by atoms with Crippen molar-refractivity contribution in [3.05, 3.63) is 46.0 Å². The molecule has 1 amide bonds. The maximum absolute atomic E-state index is 12.4. The normalized spacial score (nSPS) is 18.2. The third-order valence-corrected chi connectivity index (χ3v) is 4.98. The number of hydrogen-bond donors (Lipinski definition) is 2. The van der Waals surface area contributed by atoms with Crippen LogP contribution in [0.4, 0.5) is 0 Å². The lowest BCUT2D eigenvalue weighted by molar-refractivity contribution is 0.0873. The van der Waals surface area contributed by atoms with Gasteiger partial charge in [0.1, 0.15) is 5.60 Å². The molecule has 2 aromatic rings. The van der Waals surface area contributed by atoms with Crippen molar-refractivity contribution in [1.82, 2.24) is 10.2 Å². The van der Waals surface area contributed by atoms with Gasteiger partial charge in [0, 0.05) is 24.0 Å². The smallest absolute Gasteiger partial charge is 0.287 e. The molecule has 1 aliphatic heterocycles. The molecule has 6 heteroatoms. The predicted molar refractivity (Wildman–Crippen MR) is 102 cm³/mol. The first-order chi connectivity index (χ1) is 12.4. The van der Waals surface area contributed by atoms with Crippen molar-refractivity contribution in [3.8, 4) is 11.8 Å². The molecular formula is C20H24N2O3S. The molecule has 3 rings (SSSR count). The maximum Gasteiger partial charge on any atom is 0.287 e. The fourth-order valence-corrected chi connectivity index (χ4v) is 3.68. The molecule has 0 unspecified atom stereocenters. The van der Waals surface area contributed by atoms with E-state index in [1.165, 1.54) is 4.88 Å². The number of rotatable bonds is 4. The average Bonchev–Trinajstić information content (AvgIpc) is 3.24. The highest BCUT2D eigenvalue weighted by atomic mass is 32.1. The van der Waals surface area contributed by atoms with Crippen LogP contribution in [-0.2, 0) is 6.54 Å². The van der Waals surface area contributed by atoms with Gasteiger partial charge in [0.2, 0.25) is 0 Å². The van der Waals surface area contributed by atoms with E-state index in [4.69, 9.17) is 4.42 Å². The van der Waals surface area contributed by atoms with Crippen LogP contribution in [0, 0.1) is 11.8 Å². The Balaban J connectivity index is 1.55. The monoisotopic (exact) mass is 372 g/mol. The molecule has 26 heavy (non-hydrogen) atoms. The standard InChI is InChI=1S/C20H24N2O3S/c1-20(2,24)10-9-16-7-8-18(25-16)19(23)21-15-5-3-11-22(13-15)14-17-6-4-12-26-17/h4,6-8,12,15,24H,3,5,11,13-14H2,1-2H3,(H,21,23)/t15-/m0/s1. The van der Waals surface area contributed by atoms with E-state index >= 15 is 0 Å². The molecule has 1 aliphatic rings. The quantitative estimate of drug-likeness (QED) is 0.810. The second kappa shape index (κ2) is 8.09. The number of nitrogens with zero attached hydrogens (tertiary/aromatic N) is 1. The molecule has 138 valence electrons. The highest BCUT2D eigenvalue weighted by Crippen LogP contribution is 2.17. The van der Waals surface area contributed by atoms with Crippen LogP contribution >= 0.6 is 11.3 Å². The average molecular weight is 372 g/mol. The van der Waals surface area contributed by atoms with Crippen LogP contribution in [0.5, 0.6) is 0 Å². The number of carbonyl (C=O) groups excluding carboxylic acids is 1. The first-order valence-electron chi connectivity index (χ1n) is 8.80. The van der Waals surface area contributed by atoms with Crippen molar-refractivity contribution < 1.29 is 14.3 Å². The van der Waals surface area contributed by atoms with Crippen LogP contribution in [0.3, 0.4) is 0 Å². The Hall–Kier alpha value is -2.07. The summed E-state index contributed by atoms with van der Waals surface area (Å²) in [6, 6.07) is 7.60. The Kier molecular flexibility index (Phi) is 5.82. The highest BCUT2D eigenvalue weighted by molar-refractivity contribution is 7.09. The lowest BCUT2D eigenvalue weighted by Crippen LogP contribution is -2.47. The summed E-state index contributed by atoms with van der Waals surface area (Å²) in [5, 5.41) is 14.8. The minimum Gasteiger partial charge on any atom is -0.443 e. The minimum atomic E-state index is -1.09. The Bertz CT molecular complexity index is 793. The largest absolute Gasteiger partial charge is 0.443 e. The second-order valence-electron chi connectivity index (χ2n) is 7.10. The van der Waals surface area contributed by atoms with Crippen LogP contribution in [0.1, 0.15) is 47.9 Å². The lowest BCUT2D eigenvalue weighted by Gasteiger charge is -2.32. The molecule has 3 heterocycles. The summed E-state index contributed by atoms with van der Waals surface area (Å²) in [5.74, 6) is 5.82. The Labute approximate surface area is 158 Å². The van der Waals surface area contributed by atoms with Crippen molar-refractivity contribution >= 4 is 17.2 Å². The van der Waals surface area contributed by atoms with E-state index in [1.807, 2.05) is 0 Å². The molecule has 0 spiro atoms. The van der Waals surface area contributed by atoms with Crippen LogP contribution in [-0.4, -0.2) is 40.6 Å². The number of carbonyl (C=O) groups is 1. The summed E-state index contributed by atoms with van der Waals surface area (Å²) >= 11 is 1.76. The van der Waals surface area contributed by atoms with E-state index in [0.717, 1.165) is 32.5 Å². The minimum absolute atomic E-state index is 0.118. The molecule has 0 saturated carbocycles. The van der Waals surface area contributed by atoms with Crippen LogP contribution < -0.4 is 5.32 Å². The molecule has 0 aromatic carbocycles. The van der Waals surface area contributed by atoms with Gasteiger partial charge in [0.15, 0.2) is 11.5 Å². The first kappa shape index (κ1) is 18.7. The van der Waals surface area contributed by atoms with Crippen molar-refractivity contribution in [3.63, 3.8) is 0 Å². The van der Waals surface area contributed by atoms with Crippen molar-refractivity contribution in [2.24, 2.45) is 0 Å². The number of hydrogen-bond acceptors (Lipinski definition) is 5. The highest BCUT2D eigenvalue weighted by Gasteiger charge is 2.23. The summed E-state index contributed by atoms with van der Waals surface area (Å²) in [7, 11) is 0. The molecule has 0 bridgehead atoms. The summed E-state index contributed by atoms with van der Waals surface area (Å²) in [6.07, 6.45) is 2.04. The van der Waals surface area contributed by atoms with E-state index < -0.39 is 5.60 Å². The fraction of sp³-hybridized carbons (Fsp3) is 0.450. The first-order valence-corrected chi connectivity index (χ1v) is 9.68. The number of piperidine rings is 1. The molecule has 1 saturated heterocycles. The van der Waals surface area contributed by atoms with Gasteiger partial charge >= 0.3 is 0 Å². The van der Waals surface area contributed by atoms with Gasteiger partial charge < -0.3 is 14.8 Å². The molecule has 0 radical (unpaired) electrons. The molecule has 0 aliphatic carbocycles. The topological polar surface area (TPSA) is 65.7 Å². The van der Waals surface area contributed by atoms with E-state index in [9.17, 15) is 9.90 Å². The Morgan fingerprint density at radius 1 is 1.46 bits per heavy atom. The second-order valence-corrected chi connectivity index (χ2v) is 8.13. The predicted octanol–water partition coefficient (Wildman–Crippen LogP) is 2.86. The van der Waals surface area contributed by atoms with Gasteiger partial charge in [0.25, 0.3) is 5.91 Å². The van der Waals surface area contributed by atoms with Crippen LogP contribution in [0.15, 0.2) is 34.1 Å². The number of furan rings is 1. The van der Waals surface area contributed by atoms with E-state index in [1.54, 1.807) is 37.3 Å². The number of thiophene rings is 1. The van der Waals surface area contributed by atoms with Crippen molar-refractivity contribution in [1.29, 1.82) is 0 Å². The van der Waals surface area contributed by atoms with E-state index in [0.29, 0.717) is 5.76 Å². The third-order valence-electron chi connectivity index (χ3n) is 4.12. The van der Waals surface area contributed by atoms with Gasteiger partial charge in [-0.25, -0.2) is 0 Å². The number of aliphatic hydroxyl groups is 1. The molecule has 2 N–H and O–H groups in total. The van der Waals surface area contributed by atoms with Crippen LogP contribution in [0.25, 0.3) is 0 Å².